The first-order valence-electron chi connectivity index (χ1n) is 9.11. The molecule has 1 aliphatic heterocycles. The molecule has 1 fully saturated rings. The normalized spacial score (nSPS) is 17.2. The summed E-state index contributed by atoms with van der Waals surface area (Å²) in [4.78, 5) is 24.5. The highest BCUT2D eigenvalue weighted by Crippen LogP contribution is 2.25. The van der Waals surface area contributed by atoms with Crippen LogP contribution in [0.1, 0.15) is 18.4 Å². The first kappa shape index (κ1) is 20.0. The molecule has 0 spiro atoms. The van der Waals surface area contributed by atoms with Gasteiger partial charge in [0.25, 0.3) is 0 Å². The first-order valence-corrected chi connectivity index (χ1v) is 10.6. The van der Waals surface area contributed by atoms with Crippen molar-refractivity contribution in [2.24, 2.45) is 0 Å². The zero-order valence-electron chi connectivity index (χ0n) is 15.6. The van der Waals surface area contributed by atoms with Crippen molar-refractivity contribution in [1.29, 1.82) is 0 Å². The number of nitrogens with one attached hydrogen (secondary N) is 2. The number of rotatable bonds is 5. The molecule has 2 N–H and O–H groups in total. The van der Waals surface area contributed by atoms with Gasteiger partial charge in [-0.15, -0.1) is 0 Å². The summed E-state index contributed by atoms with van der Waals surface area (Å²) in [5.41, 5.74) is 1.41. The van der Waals surface area contributed by atoms with Crippen molar-refractivity contribution in [3.8, 4) is 0 Å². The molecule has 148 valence electrons. The SMILES string of the molecule is Cc1ccccc1NC(=O)C(=O)NC[C@H]1CCCN1S(=O)(=O)c1ccccc1. The monoisotopic (exact) mass is 401 g/mol. The van der Waals surface area contributed by atoms with E-state index in [1.807, 2.05) is 19.1 Å². The highest BCUT2D eigenvalue weighted by atomic mass is 32.2. The molecule has 1 saturated heterocycles. The van der Waals surface area contributed by atoms with Crippen LogP contribution in [0.3, 0.4) is 0 Å². The average Bonchev–Trinajstić information content (AvgIpc) is 3.18. The number of aryl methyl sites for hydroxylation is 1. The van der Waals surface area contributed by atoms with Crippen LogP contribution in [0.25, 0.3) is 0 Å². The minimum absolute atomic E-state index is 0.0894. The fourth-order valence-corrected chi connectivity index (χ4v) is 4.95. The molecule has 3 rings (SSSR count). The minimum Gasteiger partial charge on any atom is -0.346 e. The molecule has 1 atom stereocenters. The molecule has 1 heterocycles. The predicted octanol–water partition coefficient (Wildman–Crippen LogP) is 1.90. The van der Waals surface area contributed by atoms with Crippen LogP contribution in [-0.2, 0) is 19.6 Å². The Morgan fingerprint density at radius 2 is 1.71 bits per heavy atom. The van der Waals surface area contributed by atoms with Gasteiger partial charge in [0.2, 0.25) is 10.0 Å². The van der Waals surface area contributed by atoms with Crippen molar-refractivity contribution >= 4 is 27.5 Å². The molecule has 2 aromatic rings. The standard InChI is InChI=1S/C20H23N3O4S/c1-15-8-5-6-12-18(15)22-20(25)19(24)21-14-16-9-7-13-23(16)28(26,27)17-10-3-2-4-11-17/h2-6,8,10-12,16H,7,9,13-14H2,1H3,(H,21,24)(H,22,25)/t16-/m1/s1. The highest BCUT2D eigenvalue weighted by Gasteiger charge is 2.35. The number of sulfonamides is 1. The quantitative estimate of drug-likeness (QED) is 0.748. The summed E-state index contributed by atoms with van der Waals surface area (Å²) in [6, 6.07) is 15.0. The van der Waals surface area contributed by atoms with Crippen LogP contribution < -0.4 is 10.6 Å². The van der Waals surface area contributed by atoms with Crippen LogP contribution >= 0.6 is 0 Å². The summed E-state index contributed by atoms with van der Waals surface area (Å²) >= 11 is 0. The number of benzene rings is 2. The van der Waals surface area contributed by atoms with E-state index in [2.05, 4.69) is 10.6 Å². The van der Waals surface area contributed by atoms with Gasteiger partial charge in [-0.2, -0.15) is 4.31 Å². The van der Waals surface area contributed by atoms with E-state index in [4.69, 9.17) is 0 Å². The lowest BCUT2D eigenvalue weighted by Gasteiger charge is -2.24. The van der Waals surface area contributed by atoms with Gasteiger partial charge in [-0.25, -0.2) is 8.42 Å². The molecule has 7 nitrogen and oxygen atoms in total. The molecule has 28 heavy (non-hydrogen) atoms. The first-order chi connectivity index (χ1) is 13.4. The van der Waals surface area contributed by atoms with E-state index in [1.54, 1.807) is 42.5 Å². The average molecular weight is 401 g/mol. The molecule has 8 heteroatoms. The van der Waals surface area contributed by atoms with E-state index in [-0.39, 0.29) is 17.5 Å². The maximum atomic E-state index is 12.8. The Morgan fingerprint density at radius 3 is 2.43 bits per heavy atom. The summed E-state index contributed by atoms with van der Waals surface area (Å²) in [5.74, 6) is -1.56. The third kappa shape index (κ3) is 4.40. The lowest BCUT2D eigenvalue weighted by molar-refractivity contribution is -0.136. The molecule has 1 aliphatic rings. The van der Waals surface area contributed by atoms with Crippen molar-refractivity contribution in [2.75, 3.05) is 18.4 Å². The predicted molar refractivity (Wildman–Crippen MR) is 106 cm³/mol. The van der Waals surface area contributed by atoms with Crippen LogP contribution in [0.15, 0.2) is 59.5 Å². The zero-order chi connectivity index (χ0) is 20.1. The molecule has 0 radical (unpaired) electrons. The number of nitrogens with zero attached hydrogens (tertiary/aromatic N) is 1. The summed E-state index contributed by atoms with van der Waals surface area (Å²) in [5, 5.41) is 5.13. The number of carbonyl (C=O) groups is 2. The van der Waals surface area contributed by atoms with Gasteiger partial charge in [-0.3, -0.25) is 9.59 Å². The van der Waals surface area contributed by atoms with Gasteiger partial charge in [0, 0.05) is 24.8 Å². The van der Waals surface area contributed by atoms with E-state index >= 15 is 0 Å². The lowest BCUT2D eigenvalue weighted by Crippen LogP contribution is -2.45. The van der Waals surface area contributed by atoms with Crippen LogP contribution in [0.2, 0.25) is 0 Å². The van der Waals surface area contributed by atoms with Crippen LogP contribution in [0.4, 0.5) is 5.69 Å². The van der Waals surface area contributed by atoms with Crippen LogP contribution in [0.5, 0.6) is 0 Å². The summed E-state index contributed by atoms with van der Waals surface area (Å²) < 4.78 is 27.1. The van der Waals surface area contributed by atoms with Crippen molar-refractivity contribution < 1.29 is 18.0 Å². The van der Waals surface area contributed by atoms with Crippen LogP contribution in [0, 0.1) is 6.92 Å². The molecule has 0 aromatic heterocycles. The summed E-state index contributed by atoms with van der Waals surface area (Å²) in [7, 11) is -3.63. The fraction of sp³-hybridized carbons (Fsp3) is 0.300. The smallest absolute Gasteiger partial charge is 0.313 e. The third-order valence-electron chi connectivity index (χ3n) is 4.77. The number of carbonyl (C=O) groups excluding carboxylic acids is 2. The highest BCUT2D eigenvalue weighted by molar-refractivity contribution is 7.89. The zero-order valence-corrected chi connectivity index (χ0v) is 16.4. The van der Waals surface area contributed by atoms with Crippen molar-refractivity contribution in [1.82, 2.24) is 9.62 Å². The van der Waals surface area contributed by atoms with E-state index in [0.717, 1.165) is 5.56 Å². The van der Waals surface area contributed by atoms with Gasteiger partial charge in [-0.1, -0.05) is 36.4 Å². The maximum absolute atomic E-state index is 12.8. The second kappa shape index (κ2) is 8.53. The molecular weight excluding hydrogens is 378 g/mol. The van der Waals surface area contributed by atoms with Gasteiger partial charge in [0.15, 0.2) is 0 Å². The molecule has 0 aliphatic carbocycles. The Bertz CT molecular complexity index is 960. The number of anilines is 1. The fourth-order valence-electron chi connectivity index (χ4n) is 3.24. The van der Waals surface area contributed by atoms with Gasteiger partial charge < -0.3 is 10.6 Å². The third-order valence-corrected chi connectivity index (χ3v) is 6.74. The molecular formula is C20H23N3O4S. The Labute approximate surface area is 164 Å². The largest absolute Gasteiger partial charge is 0.346 e. The second-order valence-corrected chi connectivity index (χ2v) is 8.59. The van der Waals surface area contributed by atoms with Crippen molar-refractivity contribution in [2.45, 2.75) is 30.7 Å². The van der Waals surface area contributed by atoms with Crippen LogP contribution in [-0.4, -0.2) is 43.7 Å². The van der Waals surface area contributed by atoms with E-state index in [9.17, 15) is 18.0 Å². The van der Waals surface area contributed by atoms with E-state index in [1.165, 1.54) is 4.31 Å². The lowest BCUT2D eigenvalue weighted by atomic mass is 10.2. The Morgan fingerprint density at radius 1 is 1.04 bits per heavy atom. The number of amides is 2. The Hall–Kier alpha value is -2.71. The van der Waals surface area contributed by atoms with Gasteiger partial charge >= 0.3 is 11.8 Å². The van der Waals surface area contributed by atoms with Gasteiger partial charge in [-0.05, 0) is 43.5 Å². The Kier molecular flexibility index (Phi) is 6.11. The molecule has 0 bridgehead atoms. The summed E-state index contributed by atoms with van der Waals surface area (Å²) in [6.07, 6.45) is 1.34. The van der Waals surface area contributed by atoms with Crippen molar-refractivity contribution in [3.05, 3.63) is 60.2 Å². The summed E-state index contributed by atoms with van der Waals surface area (Å²) in [6.45, 7) is 2.32. The molecule has 2 amide bonds. The minimum atomic E-state index is -3.63. The van der Waals surface area contributed by atoms with Gasteiger partial charge in [0.05, 0.1) is 4.90 Å². The number of para-hydroxylation sites is 1. The van der Waals surface area contributed by atoms with Gasteiger partial charge in [0.1, 0.15) is 0 Å². The number of hydrogen-bond acceptors (Lipinski definition) is 4. The van der Waals surface area contributed by atoms with E-state index in [0.29, 0.717) is 25.1 Å². The molecule has 0 saturated carbocycles. The Balaban J connectivity index is 1.61. The molecule has 0 unspecified atom stereocenters. The topological polar surface area (TPSA) is 95.6 Å². The maximum Gasteiger partial charge on any atom is 0.313 e. The molecule has 2 aromatic carbocycles. The van der Waals surface area contributed by atoms with E-state index < -0.39 is 21.8 Å². The number of hydrogen-bond donors (Lipinski definition) is 2. The van der Waals surface area contributed by atoms with Crippen molar-refractivity contribution in [3.63, 3.8) is 0 Å². The second-order valence-electron chi connectivity index (χ2n) is 6.70.